The second kappa shape index (κ2) is 7.80. The molecule has 1 aromatic carbocycles. The van der Waals surface area contributed by atoms with Crippen molar-refractivity contribution in [1.29, 1.82) is 0 Å². The summed E-state index contributed by atoms with van der Waals surface area (Å²) in [4.78, 5) is 17.1. The highest BCUT2D eigenvalue weighted by Gasteiger charge is 2.30. The van der Waals surface area contributed by atoms with E-state index in [1.54, 1.807) is 55.2 Å². The zero-order valence-electron chi connectivity index (χ0n) is 15.4. The van der Waals surface area contributed by atoms with E-state index in [2.05, 4.69) is 15.4 Å². The second-order valence-corrected chi connectivity index (χ2v) is 7.10. The van der Waals surface area contributed by atoms with Gasteiger partial charge in [0.1, 0.15) is 5.75 Å². The number of pyridine rings is 1. The molecule has 0 saturated carbocycles. The van der Waals surface area contributed by atoms with Crippen LogP contribution >= 0.6 is 11.6 Å². The summed E-state index contributed by atoms with van der Waals surface area (Å²) in [6.07, 6.45) is 5.36. The van der Waals surface area contributed by atoms with Crippen LogP contribution in [-0.4, -0.2) is 26.3 Å². The normalized spacial score (nSPS) is 11.3. The van der Waals surface area contributed by atoms with Crippen molar-refractivity contribution in [3.63, 3.8) is 0 Å². The van der Waals surface area contributed by atoms with E-state index in [0.717, 1.165) is 16.8 Å². The van der Waals surface area contributed by atoms with Gasteiger partial charge in [-0.05, 0) is 49.7 Å². The molecule has 3 rings (SSSR count). The Kier molecular flexibility index (Phi) is 5.46. The number of amides is 1. The van der Waals surface area contributed by atoms with Crippen molar-refractivity contribution < 1.29 is 9.53 Å². The summed E-state index contributed by atoms with van der Waals surface area (Å²) in [5.41, 5.74) is 1.56. The number of aryl methyl sites for hydroxylation is 1. The van der Waals surface area contributed by atoms with Crippen LogP contribution in [0.25, 0.3) is 11.3 Å². The molecule has 0 aliphatic rings. The van der Waals surface area contributed by atoms with Crippen LogP contribution in [0.3, 0.4) is 0 Å². The zero-order valence-corrected chi connectivity index (χ0v) is 16.2. The highest BCUT2D eigenvalue weighted by molar-refractivity contribution is 6.30. The van der Waals surface area contributed by atoms with E-state index in [0.29, 0.717) is 17.3 Å². The Morgan fingerprint density at radius 1 is 1.26 bits per heavy atom. The summed E-state index contributed by atoms with van der Waals surface area (Å²) in [5.74, 6) is 0.357. The van der Waals surface area contributed by atoms with Crippen molar-refractivity contribution in [3.8, 4) is 17.0 Å². The summed E-state index contributed by atoms with van der Waals surface area (Å²) in [6.45, 7) is 3.79. The summed E-state index contributed by atoms with van der Waals surface area (Å²) < 4.78 is 7.54. The third kappa shape index (κ3) is 4.65. The number of benzene rings is 1. The van der Waals surface area contributed by atoms with Gasteiger partial charge in [-0.2, -0.15) is 5.10 Å². The molecular formula is C20H21ClN4O2. The first kappa shape index (κ1) is 18.9. The first-order chi connectivity index (χ1) is 12.8. The molecule has 0 spiro atoms. The van der Waals surface area contributed by atoms with Crippen LogP contribution in [-0.2, 0) is 18.4 Å². The van der Waals surface area contributed by atoms with Crippen molar-refractivity contribution in [2.45, 2.75) is 26.0 Å². The molecule has 0 saturated heterocycles. The largest absolute Gasteiger partial charge is 0.478 e. The molecule has 27 heavy (non-hydrogen) atoms. The molecule has 2 aromatic heterocycles. The Morgan fingerprint density at radius 3 is 2.67 bits per heavy atom. The average molecular weight is 385 g/mol. The Morgan fingerprint density at radius 2 is 2.00 bits per heavy atom. The van der Waals surface area contributed by atoms with Crippen molar-refractivity contribution in [1.82, 2.24) is 20.1 Å². The van der Waals surface area contributed by atoms with E-state index in [1.165, 1.54) is 0 Å². The summed E-state index contributed by atoms with van der Waals surface area (Å²) in [7, 11) is 1.85. The lowest BCUT2D eigenvalue weighted by atomic mass is 10.1. The van der Waals surface area contributed by atoms with Gasteiger partial charge in [-0.1, -0.05) is 17.7 Å². The SMILES string of the molecule is Cn1cc(-c2ncccc2CNC(=O)C(C)(C)Oc2ccc(Cl)cc2)cn1. The molecule has 3 aromatic rings. The quantitative estimate of drug-likeness (QED) is 0.704. The fourth-order valence-electron chi connectivity index (χ4n) is 2.62. The Bertz CT molecular complexity index is 935. The molecule has 7 heteroatoms. The molecule has 0 radical (unpaired) electrons. The molecule has 0 bridgehead atoms. The first-order valence-corrected chi connectivity index (χ1v) is 8.89. The summed E-state index contributed by atoms with van der Waals surface area (Å²) >= 11 is 5.88. The van der Waals surface area contributed by atoms with Gasteiger partial charge in [-0.3, -0.25) is 14.5 Å². The van der Waals surface area contributed by atoms with E-state index in [9.17, 15) is 4.79 Å². The molecule has 6 nitrogen and oxygen atoms in total. The highest BCUT2D eigenvalue weighted by atomic mass is 35.5. The van der Waals surface area contributed by atoms with Gasteiger partial charge in [0.25, 0.3) is 5.91 Å². The van der Waals surface area contributed by atoms with Gasteiger partial charge in [-0.25, -0.2) is 0 Å². The van der Waals surface area contributed by atoms with Gasteiger partial charge in [0.05, 0.1) is 11.9 Å². The lowest BCUT2D eigenvalue weighted by Gasteiger charge is -2.25. The van der Waals surface area contributed by atoms with Gasteiger partial charge in [0, 0.05) is 36.6 Å². The topological polar surface area (TPSA) is 69.0 Å². The van der Waals surface area contributed by atoms with Crippen LogP contribution in [0.2, 0.25) is 5.02 Å². The molecule has 0 fully saturated rings. The second-order valence-electron chi connectivity index (χ2n) is 6.66. The smallest absolute Gasteiger partial charge is 0.263 e. The lowest BCUT2D eigenvalue weighted by Crippen LogP contribution is -2.46. The fourth-order valence-corrected chi connectivity index (χ4v) is 2.74. The minimum Gasteiger partial charge on any atom is -0.478 e. The number of nitrogens with one attached hydrogen (secondary N) is 1. The number of hydrogen-bond acceptors (Lipinski definition) is 4. The van der Waals surface area contributed by atoms with Gasteiger partial charge in [0.2, 0.25) is 0 Å². The van der Waals surface area contributed by atoms with Crippen LogP contribution < -0.4 is 10.1 Å². The van der Waals surface area contributed by atoms with Crippen LogP contribution in [0.1, 0.15) is 19.4 Å². The Balaban J connectivity index is 1.69. The first-order valence-electron chi connectivity index (χ1n) is 8.51. The molecule has 2 heterocycles. The zero-order chi connectivity index (χ0) is 19.4. The van der Waals surface area contributed by atoms with Crippen LogP contribution in [0.5, 0.6) is 5.75 Å². The van der Waals surface area contributed by atoms with E-state index >= 15 is 0 Å². The van der Waals surface area contributed by atoms with Gasteiger partial charge in [0.15, 0.2) is 5.60 Å². The number of rotatable bonds is 6. The monoisotopic (exact) mass is 384 g/mol. The number of carbonyl (C=O) groups excluding carboxylic acids is 1. The standard InChI is InChI=1S/C20H21ClN4O2/c1-20(2,27-17-8-6-16(21)7-9-17)19(26)23-11-14-5-4-10-22-18(14)15-12-24-25(3)13-15/h4-10,12-13H,11H2,1-3H3,(H,23,26). The fraction of sp³-hybridized carbons (Fsp3) is 0.250. The maximum Gasteiger partial charge on any atom is 0.263 e. The van der Waals surface area contributed by atoms with Crippen molar-refractivity contribution in [2.24, 2.45) is 7.05 Å². The molecular weight excluding hydrogens is 364 g/mol. The van der Waals surface area contributed by atoms with Crippen molar-refractivity contribution >= 4 is 17.5 Å². The number of halogens is 1. The Labute approximate surface area is 163 Å². The molecule has 0 aliphatic carbocycles. The number of ether oxygens (including phenoxy) is 1. The third-order valence-electron chi connectivity index (χ3n) is 4.04. The van der Waals surface area contributed by atoms with Gasteiger partial charge < -0.3 is 10.1 Å². The molecule has 1 amide bonds. The minimum absolute atomic E-state index is 0.224. The van der Waals surface area contributed by atoms with E-state index < -0.39 is 5.60 Å². The maximum absolute atomic E-state index is 12.7. The number of carbonyl (C=O) groups is 1. The molecule has 0 unspecified atom stereocenters. The van der Waals surface area contributed by atoms with Crippen LogP contribution in [0, 0.1) is 0 Å². The molecule has 140 valence electrons. The third-order valence-corrected chi connectivity index (χ3v) is 4.29. The summed E-state index contributed by atoms with van der Waals surface area (Å²) in [5, 5.41) is 7.73. The lowest BCUT2D eigenvalue weighted by molar-refractivity contribution is -0.134. The Hall–Kier alpha value is -2.86. The number of nitrogens with zero attached hydrogens (tertiary/aromatic N) is 3. The minimum atomic E-state index is -1.04. The number of hydrogen-bond donors (Lipinski definition) is 1. The van der Waals surface area contributed by atoms with E-state index in [4.69, 9.17) is 16.3 Å². The maximum atomic E-state index is 12.7. The van der Waals surface area contributed by atoms with Gasteiger partial charge >= 0.3 is 0 Å². The number of aromatic nitrogens is 3. The highest BCUT2D eigenvalue weighted by Crippen LogP contribution is 2.22. The van der Waals surface area contributed by atoms with Crippen LogP contribution in [0.15, 0.2) is 55.0 Å². The van der Waals surface area contributed by atoms with E-state index in [-0.39, 0.29) is 5.91 Å². The molecule has 1 N–H and O–H groups in total. The average Bonchev–Trinajstić information content (AvgIpc) is 3.08. The van der Waals surface area contributed by atoms with E-state index in [1.807, 2.05) is 25.4 Å². The predicted molar refractivity (Wildman–Crippen MR) is 104 cm³/mol. The molecule has 0 atom stereocenters. The van der Waals surface area contributed by atoms with Crippen molar-refractivity contribution in [3.05, 3.63) is 65.6 Å². The van der Waals surface area contributed by atoms with Crippen molar-refractivity contribution in [2.75, 3.05) is 0 Å². The van der Waals surface area contributed by atoms with Crippen LogP contribution in [0.4, 0.5) is 0 Å². The molecule has 0 aliphatic heterocycles. The van der Waals surface area contributed by atoms with Gasteiger partial charge in [-0.15, -0.1) is 0 Å². The predicted octanol–water partition coefficient (Wildman–Crippen LogP) is 3.61. The summed E-state index contributed by atoms with van der Waals surface area (Å²) in [6, 6.07) is 10.7.